The molecule has 1 atom stereocenters. The summed E-state index contributed by atoms with van der Waals surface area (Å²) >= 11 is 1.86. The van der Waals surface area contributed by atoms with Crippen LogP contribution in [0.2, 0.25) is 0 Å². The van der Waals surface area contributed by atoms with Gasteiger partial charge in [-0.3, -0.25) is 4.90 Å². The molecule has 0 radical (unpaired) electrons. The van der Waals surface area contributed by atoms with Crippen LogP contribution < -0.4 is 0 Å². The second-order valence-electron chi connectivity index (χ2n) is 7.55. The van der Waals surface area contributed by atoms with Crippen molar-refractivity contribution < 1.29 is 0 Å². The van der Waals surface area contributed by atoms with Crippen LogP contribution in [0.5, 0.6) is 0 Å². The first-order valence-electron chi connectivity index (χ1n) is 9.97. The Balaban J connectivity index is 1.27. The third-order valence-electron chi connectivity index (χ3n) is 5.86. The topological polar surface area (TPSA) is 34.0 Å². The van der Waals surface area contributed by atoms with E-state index in [4.69, 9.17) is 0 Å². The standard InChI is InChI=1S/C23H24N4S/c1-2-5-18(6-3-1)7-4-12-26-13-8-19(9-14-26)21-22-20(11-16-28-22)10-15-27-23(21)24-17-25-27/h1-7,10-11,15-17,19,21H,8-9,12-14H2/b7-4+. The average molecular weight is 389 g/mol. The zero-order valence-electron chi connectivity index (χ0n) is 15.8. The van der Waals surface area contributed by atoms with Gasteiger partial charge in [-0.25, -0.2) is 9.67 Å². The first-order valence-corrected chi connectivity index (χ1v) is 10.9. The van der Waals surface area contributed by atoms with E-state index in [9.17, 15) is 0 Å². The van der Waals surface area contributed by atoms with Crippen LogP contribution in [0.25, 0.3) is 18.4 Å². The van der Waals surface area contributed by atoms with Gasteiger partial charge in [0.15, 0.2) is 0 Å². The number of hydrogen-bond donors (Lipinski definition) is 0. The highest BCUT2D eigenvalue weighted by Crippen LogP contribution is 2.42. The van der Waals surface area contributed by atoms with Crippen molar-refractivity contribution >= 4 is 29.7 Å². The van der Waals surface area contributed by atoms with Crippen LogP contribution in [-0.2, 0) is 0 Å². The smallest absolute Gasteiger partial charge is 0.140 e. The van der Waals surface area contributed by atoms with E-state index in [2.05, 4.69) is 81.2 Å². The fraction of sp³-hybridized carbons (Fsp3) is 0.304. The number of piperidine rings is 1. The molecule has 0 bridgehead atoms. The quantitative estimate of drug-likeness (QED) is 0.641. The zero-order valence-corrected chi connectivity index (χ0v) is 16.6. The number of rotatable bonds is 4. The van der Waals surface area contributed by atoms with E-state index in [0.29, 0.717) is 11.8 Å². The molecule has 2 aliphatic heterocycles. The molecule has 2 aliphatic rings. The Kier molecular flexibility index (Phi) is 4.93. The molecular formula is C23H24N4S. The lowest BCUT2D eigenvalue weighted by molar-refractivity contribution is 0.189. The number of thiophene rings is 1. The minimum atomic E-state index is 0.356. The van der Waals surface area contributed by atoms with E-state index in [1.807, 2.05) is 16.0 Å². The zero-order chi connectivity index (χ0) is 18.8. The Morgan fingerprint density at radius 1 is 1.11 bits per heavy atom. The van der Waals surface area contributed by atoms with Crippen LogP contribution in [0.3, 0.4) is 0 Å². The van der Waals surface area contributed by atoms with E-state index >= 15 is 0 Å². The Bertz CT molecular complexity index is 933. The minimum Gasteiger partial charge on any atom is -0.300 e. The van der Waals surface area contributed by atoms with Crippen molar-refractivity contribution in [2.75, 3.05) is 19.6 Å². The number of nitrogens with zero attached hydrogens (tertiary/aromatic N) is 4. The maximum Gasteiger partial charge on any atom is 0.140 e. The molecule has 0 spiro atoms. The summed E-state index contributed by atoms with van der Waals surface area (Å²) in [6.45, 7) is 3.30. The summed E-state index contributed by atoms with van der Waals surface area (Å²) in [6, 6.07) is 12.8. The lowest BCUT2D eigenvalue weighted by Gasteiger charge is -2.35. The fourth-order valence-electron chi connectivity index (χ4n) is 4.38. The molecule has 0 aliphatic carbocycles. The highest BCUT2D eigenvalue weighted by Gasteiger charge is 2.34. The highest BCUT2D eigenvalue weighted by molar-refractivity contribution is 7.10. The summed E-state index contributed by atoms with van der Waals surface area (Å²) in [6.07, 6.45) is 12.8. The summed E-state index contributed by atoms with van der Waals surface area (Å²) < 4.78 is 1.96. The molecule has 0 saturated carbocycles. The van der Waals surface area contributed by atoms with Crippen LogP contribution >= 0.6 is 11.3 Å². The highest BCUT2D eigenvalue weighted by atomic mass is 32.1. The molecule has 5 rings (SSSR count). The van der Waals surface area contributed by atoms with Crippen molar-refractivity contribution in [2.24, 2.45) is 5.92 Å². The maximum atomic E-state index is 4.64. The summed E-state index contributed by atoms with van der Waals surface area (Å²) in [7, 11) is 0. The number of likely N-dealkylation sites (tertiary alicyclic amines) is 1. The third-order valence-corrected chi connectivity index (χ3v) is 6.88. The number of benzene rings is 1. The second kappa shape index (κ2) is 7.86. The van der Waals surface area contributed by atoms with Gasteiger partial charge in [-0.2, -0.15) is 5.10 Å². The number of aromatic nitrogens is 3. The van der Waals surface area contributed by atoms with Gasteiger partial charge >= 0.3 is 0 Å². The largest absolute Gasteiger partial charge is 0.300 e. The van der Waals surface area contributed by atoms with Gasteiger partial charge in [-0.05, 0) is 60.5 Å². The van der Waals surface area contributed by atoms with Gasteiger partial charge in [0.1, 0.15) is 12.2 Å². The molecular weight excluding hydrogens is 364 g/mol. The molecule has 28 heavy (non-hydrogen) atoms. The summed E-state index contributed by atoms with van der Waals surface area (Å²) in [4.78, 5) is 8.65. The second-order valence-corrected chi connectivity index (χ2v) is 8.50. The fourth-order valence-corrected chi connectivity index (χ4v) is 5.46. The van der Waals surface area contributed by atoms with Crippen LogP contribution in [0, 0.1) is 5.92 Å². The molecule has 1 fully saturated rings. The lowest BCUT2D eigenvalue weighted by Crippen LogP contribution is -2.36. The van der Waals surface area contributed by atoms with Gasteiger partial charge in [0.2, 0.25) is 0 Å². The van der Waals surface area contributed by atoms with Crippen molar-refractivity contribution in [2.45, 2.75) is 18.8 Å². The molecule has 0 amide bonds. The molecule has 5 heteroatoms. The Labute approximate surface area is 169 Å². The van der Waals surface area contributed by atoms with Gasteiger partial charge in [0.25, 0.3) is 0 Å². The first-order chi connectivity index (χ1) is 13.9. The van der Waals surface area contributed by atoms with Crippen LogP contribution in [0.1, 0.15) is 40.6 Å². The first kappa shape index (κ1) is 17.6. The Hall–Kier alpha value is -2.50. The van der Waals surface area contributed by atoms with E-state index in [1.54, 1.807) is 6.33 Å². The van der Waals surface area contributed by atoms with Crippen molar-refractivity contribution in [3.05, 3.63) is 76.0 Å². The monoisotopic (exact) mass is 388 g/mol. The summed E-state index contributed by atoms with van der Waals surface area (Å²) in [5.41, 5.74) is 2.60. The average Bonchev–Trinajstić information content (AvgIpc) is 3.36. The van der Waals surface area contributed by atoms with Crippen LogP contribution in [0.4, 0.5) is 0 Å². The molecule has 1 saturated heterocycles. The van der Waals surface area contributed by atoms with Gasteiger partial charge in [-0.1, -0.05) is 42.5 Å². The molecule has 2 aromatic heterocycles. The molecule has 0 N–H and O–H groups in total. The predicted molar refractivity (Wildman–Crippen MR) is 116 cm³/mol. The number of fused-ring (bicyclic) bond motifs is 2. The van der Waals surface area contributed by atoms with Gasteiger partial charge < -0.3 is 0 Å². The maximum absolute atomic E-state index is 4.64. The van der Waals surface area contributed by atoms with Gasteiger partial charge in [-0.15, -0.1) is 11.3 Å². The van der Waals surface area contributed by atoms with Crippen molar-refractivity contribution in [3.63, 3.8) is 0 Å². The molecule has 4 nitrogen and oxygen atoms in total. The van der Waals surface area contributed by atoms with Crippen LogP contribution in [-0.4, -0.2) is 39.3 Å². The van der Waals surface area contributed by atoms with E-state index in [-0.39, 0.29) is 0 Å². The molecule has 1 unspecified atom stereocenters. The van der Waals surface area contributed by atoms with Gasteiger partial charge in [0.05, 0.1) is 5.92 Å². The van der Waals surface area contributed by atoms with E-state index in [0.717, 1.165) is 25.5 Å². The van der Waals surface area contributed by atoms with E-state index < -0.39 is 0 Å². The number of hydrogen-bond acceptors (Lipinski definition) is 4. The predicted octanol–water partition coefficient (Wildman–Crippen LogP) is 4.84. The third kappa shape index (κ3) is 3.48. The van der Waals surface area contributed by atoms with Crippen LogP contribution in [0.15, 0.2) is 54.2 Å². The minimum absolute atomic E-state index is 0.356. The lowest BCUT2D eigenvalue weighted by atomic mass is 9.82. The normalized spacial score (nSPS) is 20.2. The molecule has 142 valence electrons. The van der Waals surface area contributed by atoms with Crippen molar-refractivity contribution in [1.29, 1.82) is 0 Å². The van der Waals surface area contributed by atoms with Crippen molar-refractivity contribution in [1.82, 2.24) is 19.7 Å². The SMILES string of the molecule is C1=Cn2ncnc2C(C2CCN(C/C=C/c3ccccc3)CC2)c2sccc21. The van der Waals surface area contributed by atoms with Gasteiger partial charge in [0, 0.05) is 17.6 Å². The molecule has 4 heterocycles. The Morgan fingerprint density at radius 2 is 1.96 bits per heavy atom. The van der Waals surface area contributed by atoms with E-state index in [1.165, 1.54) is 28.8 Å². The summed E-state index contributed by atoms with van der Waals surface area (Å²) in [5.74, 6) is 2.07. The molecule has 3 aromatic rings. The summed E-state index contributed by atoms with van der Waals surface area (Å²) in [5, 5.41) is 6.62. The molecule has 1 aromatic carbocycles. The van der Waals surface area contributed by atoms with Crippen molar-refractivity contribution in [3.8, 4) is 0 Å². The Morgan fingerprint density at radius 3 is 2.82 bits per heavy atom.